The lowest BCUT2D eigenvalue weighted by Crippen LogP contribution is -2.07. The second-order valence-electron chi connectivity index (χ2n) is 5.44. The first-order chi connectivity index (χ1) is 9.22. The number of benzene rings is 1. The highest BCUT2D eigenvalue weighted by atomic mass is 15.3. The van der Waals surface area contributed by atoms with E-state index in [9.17, 15) is 0 Å². The molecule has 19 heavy (non-hydrogen) atoms. The number of aryl methyl sites for hydroxylation is 1. The first-order valence-corrected chi connectivity index (χ1v) is 7.16. The maximum atomic E-state index is 4.86. The lowest BCUT2D eigenvalue weighted by Gasteiger charge is -2.10. The molecule has 1 N–H and O–H groups in total. The van der Waals surface area contributed by atoms with E-state index >= 15 is 0 Å². The van der Waals surface area contributed by atoms with Gasteiger partial charge in [0, 0.05) is 12.1 Å². The van der Waals surface area contributed by atoms with Crippen LogP contribution in [-0.4, -0.2) is 16.3 Å². The van der Waals surface area contributed by atoms with E-state index in [1.54, 1.807) is 0 Å². The Kier molecular flexibility index (Phi) is 3.05. The van der Waals surface area contributed by atoms with Crippen molar-refractivity contribution >= 4 is 5.82 Å². The first-order valence-electron chi connectivity index (χ1n) is 7.16. The van der Waals surface area contributed by atoms with E-state index in [1.807, 2.05) is 0 Å². The first kappa shape index (κ1) is 12.3. The Morgan fingerprint density at radius 2 is 2.11 bits per heavy atom. The van der Waals surface area contributed by atoms with E-state index in [0.717, 1.165) is 19.4 Å². The van der Waals surface area contributed by atoms with Gasteiger partial charge in [0.05, 0.1) is 11.4 Å². The van der Waals surface area contributed by atoms with Gasteiger partial charge < -0.3 is 5.32 Å². The van der Waals surface area contributed by atoms with Crippen LogP contribution in [0, 0.1) is 0 Å². The summed E-state index contributed by atoms with van der Waals surface area (Å²) in [7, 11) is 0. The Hall–Kier alpha value is -1.77. The molecule has 2 aromatic rings. The molecule has 0 spiro atoms. The third-order valence-electron chi connectivity index (χ3n) is 3.83. The van der Waals surface area contributed by atoms with Crippen molar-refractivity contribution in [1.82, 2.24) is 9.78 Å². The summed E-state index contributed by atoms with van der Waals surface area (Å²) in [6.07, 6.45) is 2.12. The van der Waals surface area contributed by atoms with E-state index in [0.29, 0.717) is 5.92 Å². The number of nitrogens with one attached hydrogen (secondary N) is 1. The van der Waals surface area contributed by atoms with Crippen LogP contribution in [0.4, 0.5) is 5.82 Å². The minimum atomic E-state index is 0.476. The van der Waals surface area contributed by atoms with Crippen LogP contribution in [0.5, 0.6) is 0 Å². The molecule has 0 amide bonds. The molecule has 3 heteroatoms. The Morgan fingerprint density at radius 1 is 1.32 bits per heavy atom. The van der Waals surface area contributed by atoms with Crippen molar-refractivity contribution in [3.63, 3.8) is 0 Å². The van der Waals surface area contributed by atoms with Crippen LogP contribution in [0.2, 0.25) is 0 Å². The molecule has 100 valence electrons. The van der Waals surface area contributed by atoms with Crippen LogP contribution >= 0.6 is 0 Å². The summed E-state index contributed by atoms with van der Waals surface area (Å²) in [4.78, 5) is 0. The van der Waals surface area contributed by atoms with Gasteiger partial charge in [-0.1, -0.05) is 39.0 Å². The zero-order chi connectivity index (χ0) is 13.4. The van der Waals surface area contributed by atoms with Crippen LogP contribution in [0.25, 0.3) is 5.69 Å². The molecule has 1 aliphatic heterocycles. The Bertz CT molecular complexity index is 596. The average Bonchev–Trinajstić information content (AvgIpc) is 2.99. The van der Waals surface area contributed by atoms with Crippen LogP contribution in [0.15, 0.2) is 24.3 Å². The average molecular weight is 255 g/mol. The van der Waals surface area contributed by atoms with Crippen molar-refractivity contribution in [1.29, 1.82) is 0 Å². The van der Waals surface area contributed by atoms with Crippen LogP contribution < -0.4 is 5.32 Å². The third kappa shape index (κ3) is 1.93. The maximum Gasteiger partial charge on any atom is 0.133 e. The van der Waals surface area contributed by atoms with Gasteiger partial charge in [0.1, 0.15) is 5.82 Å². The van der Waals surface area contributed by atoms with Gasteiger partial charge in [-0.25, -0.2) is 4.68 Å². The normalized spacial score (nSPS) is 13.7. The van der Waals surface area contributed by atoms with Crippen molar-refractivity contribution in [3.05, 3.63) is 41.1 Å². The summed E-state index contributed by atoms with van der Waals surface area (Å²) in [5.74, 6) is 1.67. The van der Waals surface area contributed by atoms with Gasteiger partial charge in [-0.3, -0.25) is 0 Å². The number of rotatable bonds is 3. The van der Waals surface area contributed by atoms with Gasteiger partial charge in [0.25, 0.3) is 0 Å². The molecule has 0 saturated carbocycles. The van der Waals surface area contributed by atoms with Crippen LogP contribution in [0.1, 0.15) is 43.5 Å². The second-order valence-corrected chi connectivity index (χ2v) is 5.44. The molecule has 0 unspecified atom stereocenters. The topological polar surface area (TPSA) is 29.9 Å². The van der Waals surface area contributed by atoms with Gasteiger partial charge in [-0.2, -0.15) is 5.10 Å². The molecule has 3 rings (SSSR count). The molecule has 3 nitrogen and oxygen atoms in total. The molecule has 1 aromatic carbocycles. The summed E-state index contributed by atoms with van der Waals surface area (Å²) < 4.78 is 2.11. The summed E-state index contributed by atoms with van der Waals surface area (Å²) in [5.41, 5.74) is 5.20. The number of anilines is 1. The van der Waals surface area contributed by atoms with Crippen molar-refractivity contribution in [2.75, 3.05) is 11.9 Å². The zero-order valence-corrected chi connectivity index (χ0v) is 11.9. The number of fused-ring (bicyclic) bond motifs is 1. The van der Waals surface area contributed by atoms with Crippen LogP contribution in [-0.2, 0) is 12.8 Å². The van der Waals surface area contributed by atoms with E-state index in [4.69, 9.17) is 5.10 Å². The number of aromatic nitrogens is 2. The number of para-hydroxylation sites is 1. The minimum absolute atomic E-state index is 0.476. The van der Waals surface area contributed by atoms with Gasteiger partial charge in [0.2, 0.25) is 0 Å². The highest BCUT2D eigenvalue weighted by Gasteiger charge is 2.24. The predicted molar refractivity (Wildman–Crippen MR) is 79.2 cm³/mol. The SMILES string of the molecule is CCc1ccccc1-n1nc(C(C)C)c2c1NCC2. The largest absolute Gasteiger partial charge is 0.369 e. The molecule has 0 radical (unpaired) electrons. The predicted octanol–water partition coefficient (Wildman–Crippen LogP) is 3.53. The van der Waals surface area contributed by atoms with Crippen molar-refractivity contribution in [3.8, 4) is 5.69 Å². The molecular weight excluding hydrogens is 234 g/mol. The van der Waals surface area contributed by atoms with E-state index in [-0.39, 0.29) is 0 Å². The van der Waals surface area contributed by atoms with Crippen molar-refractivity contribution in [2.45, 2.75) is 39.5 Å². The van der Waals surface area contributed by atoms with E-state index < -0.39 is 0 Å². The van der Waals surface area contributed by atoms with Gasteiger partial charge >= 0.3 is 0 Å². The van der Waals surface area contributed by atoms with Crippen LogP contribution in [0.3, 0.4) is 0 Å². The Labute approximate surface area is 114 Å². The maximum absolute atomic E-state index is 4.86. The standard InChI is InChI=1S/C16H21N3/c1-4-12-7-5-6-8-14(12)19-16-13(9-10-17-16)15(18-19)11(2)3/h5-8,11,17H,4,9-10H2,1-3H3. The number of hydrogen-bond donors (Lipinski definition) is 1. The highest BCUT2D eigenvalue weighted by Crippen LogP contribution is 2.33. The second kappa shape index (κ2) is 4.72. The zero-order valence-electron chi connectivity index (χ0n) is 11.9. The molecular formula is C16H21N3. The molecule has 2 heterocycles. The van der Waals surface area contributed by atoms with E-state index in [2.05, 4.69) is 55.0 Å². The summed E-state index contributed by atoms with van der Waals surface area (Å²) in [5, 5.41) is 8.36. The van der Waals surface area contributed by atoms with Gasteiger partial charge in [0.15, 0.2) is 0 Å². The van der Waals surface area contributed by atoms with Crippen molar-refractivity contribution in [2.24, 2.45) is 0 Å². The third-order valence-corrected chi connectivity index (χ3v) is 3.83. The fraction of sp³-hybridized carbons (Fsp3) is 0.438. The molecule has 0 fully saturated rings. The summed E-state index contributed by atoms with van der Waals surface area (Å²) in [6.45, 7) is 7.66. The molecule has 0 saturated heterocycles. The molecule has 1 aromatic heterocycles. The molecule has 0 atom stereocenters. The van der Waals surface area contributed by atoms with Crippen molar-refractivity contribution < 1.29 is 0 Å². The molecule has 0 bridgehead atoms. The summed E-state index contributed by atoms with van der Waals surface area (Å²) in [6, 6.07) is 8.54. The van der Waals surface area contributed by atoms with Gasteiger partial charge in [-0.05, 0) is 30.4 Å². The highest BCUT2D eigenvalue weighted by molar-refractivity contribution is 5.59. The Balaban J connectivity index is 2.18. The van der Waals surface area contributed by atoms with Gasteiger partial charge in [-0.15, -0.1) is 0 Å². The quantitative estimate of drug-likeness (QED) is 0.909. The number of hydrogen-bond acceptors (Lipinski definition) is 2. The lowest BCUT2D eigenvalue weighted by atomic mass is 10.1. The fourth-order valence-electron chi connectivity index (χ4n) is 2.86. The minimum Gasteiger partial charge on any atom is -0.369 e. The molecule has 0 aliphatic carbocycles. The monoisotopic (exact) mass is 255 g/mol. The van der Waals surface area contributed by atoms with E-state index in [1.165, 1.54) is 28.3 Å². The fourth-order valence-corrected chi connectivity index (χ4v) is 2.86. The Morgan fingerprint density at radius 3 is 2.84 bits per heavy atom. The molecule has 1 aliphatic rings. The summed E-state index contributed by atoms with van der Waals surface area (Å²) >= 11 is 0. The lowest BCUT2D eigenvalue weighted by molar-refractivity contribution is 0.753. The number of nitrogens with zero attached hydrogens (tertiary/aromatic N) is 2. The smallest absolute Gasteiger partial charge is 0.133 e.